The lowest BCUT2D eigenvalue weighted by molar-refractivity contribution is 0.0822. The van der Waals surface area contributed by atoms with Crippen molar-refractivity contribution in [1.82, 2.24) is 4.90 Å². The number of aliphatic hydroxyl groups excluding tert-OH is 2. The highest BCUT2D eigenvalue weighted by Gasteiger charge is 2.26. The lowest BCUT2D eigenvalue weighted by Crippen LogP contribution is -2.32. The quantitative estimate of drug-likeness (QED) is 0.857. The molecule has 0 radical (unpaired) electrons. The van der Waals surface area contributed by atoms with Gasteiger partial charge in [0.2, 0.25) is 0 Å². The molecule has 0 amide bonds. The van der Waals surface area contributed by atoms with Gasteiger partial charge in [-0.25, -0.2) is 0 Å². The molecule has 0 bridgehead atoms. The molecule has 1 saturated carbocycles. The highest BCUT2D eigenvalue weighted by atomic mass is 16.3. The fourth-order valence-electron chi connectivity index (χ4n) is 2.89. The lowest BCUT2D eigenvalue weighted by Gasteiger charge is -2.25. The Morgan fingerprint density at radius 2 is 2.05 bits per heavy atom. The monoisotopic (exact) mass is 274 g/mol. The van der Waals surface area contributed by atoms with Crippen molar-refractivity contribution >= 4 is 0 Å². The Bertz CT molecular complexity index is 466. The molecule has 1 aromatic rings. The Labute approximate surface area is 120 Å². The van der Waals surface area contributed by atoms with Gasteiger partial charge in [0.05, 0.1) is 23.8 Å². The summed E-state index contributed by atoms with van der Waals surface area (Å²) < 4.78 is 0. The second kappa shape index (κ2) is 6.85. The van der Waals surface area contributed by atoms with Crippen LogP contribution in [0.2, 0.25) is 0 Å². The van der Waals surface area contributed by atoms with Crippen LogP contribution in [0.1, 0.15) is 36.5 Å². The van der Waals surface area contributed by atoms with Crippen LogP contribution in [0.3, 0.4) is 0 Å². The van der Waals surface area contributed by atoms with Crippen LogP contribution in [-0.2, 0) is 0 Å². The minimum Gasteiger partial charge on any atom is -0.393 e. The third-order valence-corrected chi connectivity index (χ3v) is 4.07. The molecule has 0 aliphatic heterocycles. The number of hydrogen-bond acceptors (Lipinski definition) is 4. The van der Waals surface area contributed by atoms with Crippen LogP contribution in [0.15, 0.2) is 24.3 Å². The smallest absolute Gasteiger partial charge is 0.0991 e. The van der Waals surface area contributed by atoms with Gasteiger partial charge in [-0.05, 0) is 43.5 Å². The second-order valence-corrected chi connectivity index (χ2v) is 5.73. The number of likely N-dealkylation sites (N-methyl/N-ethyl adjacent to an activating group) is 1. The van der Waals surface area contributed by atoms with Gasteiger partial charge in [0.15, 0.2) is 0 Å². The first-order valence-corrected chi connectivity index (χ1v) is 7.15. The van der Waals surface area contributed by atoms with Gasteiger partial charge in [-0.3, -0.25) is 0 Å². The van der Waals surface area contributed by atoms with Gasteiger partial charge in [0, 0.05) is 13.1 Å². The molecule has 3 atom stereocenters. The molecular formula is C16H22N2O2. The molecule has 2 N–H and O–H groups in total. The second-order valence-electron chi connectivity index (χ2n) is 5.73. The van der Waals surface area contributed by atoms with Gasteiger partial charge in [-0.1, -0.05) is 18.6 Å². The van der Waals surface area contributed by atoms with E-state index in [1.807, 2.05) is 7.05 Å². The summed E-state index contributed by atoms with van der Waals surface area (Å²) in [4.78, 5) is 2.07. The molecule has 108 valence electrons. The van der Waals surface area contributed by atoms with Crippen molar-refractivity contribution in [3.63, 3.8) is 0 Å². The Morgan fingerprint density at radius 1 is 1.35 bits per heavy atom. The third kappa shape index (κ3) is 3.80. The Kier molecular flexibility index (Phi) is 5.13. The lowest BCUT2D eigenvalue weighted by atomic mass is 10.0. The van der Waals surface area contributed by atoms with Gasteiger partial charge in [-0.15, -0.1) is 0 Å². The standard InChI is InChI=1S/C16H22N2O2/c1-18(10-14-3-2-4-15(14)19)11-16(20)13-7-5-12(9-17)6-8-13/h5-8,14-16,19-20H,2-4,10-11H2,1H3. The first-order valence-electron chi connectivity index (χ1n) is 7.15. The van der Waals surface area contributed by atoms with Crippen molar-refractivity contribution in [3.8, 4) is 6.07 Å². The third-order valence-electron chi connectivity index (χ3n) is 4.07. The molecule has 1 aliphatic rings. The molecule has 1 fully saturated rings. The van der Waals surface area contributed by atoms with Crippen LogP contribution in [0, 0.1) is 17.2 Å². The van der Waals surface area contributed by atoms with E-state index in [0.29, 0.717) is 18.0 Å². The van der Waals surface area contributed by atoms with E-state index in [0.717, 1.165) is 31.4 Å². The normalized spacial score (nSPS) is 23.8. The van der Waals surface area contributed by atoms with Crippen molar-refractivity contribution in [3.05, 3.63) is 35.4 Å². The summed E-state index contributed by atoms with van der Waals surface area (Å²) in [7, 11) is 1.97. The number of rotatable bonds is 5. The maximum atomic E-state index is 10.2. The molecule has 1 aliphatic carbocycles. The van der Waals surface area contributed by atoms with Gasteiger partial charge in [-0.2, -0.15) is 5.26 Å². The Balaban J connectivity index is 1.86. The summed E-state index contributed by atoms with van der Waals surface area (Å²) in [6, 6.07) is 9.10. The van der Waals surface area contributed by atoms with E-state index in [4.69, 9.17) is 5.26 Å². The van der Waals surface area contributed by atoms with Crippen LogP contribution in [0.5, 0.6) is 0 Å². The Hall–Kier alpha value is -1.41. The van der Waals surface area contributed by atoms with Gasteiger partial charge >= 0.3 is 0 Å². The number of hydrogen-bond donors (Lipinski definition) is 2. The maximum Gasteiger partial charge on any atom is 0.0991 e. The minimum atomic E-state index is -0.564. The number of benzene rings is 1. The van der Waals surface area contributed by atoms with Crippen molar-refractivity contribution < 1.29 is 10.2 Å². The highest BCUT2D eigenvalue weighted by molar-refractivity contribution is 5.32. The summed E-state index contributed by atoms with van der Waals surface area (Å²) in [6.45, 7) is 1.35. The fourth-order valence-corrected chi connectivity index (χ4v) is 2.89. The van der Waals surface area contributed by atoms with Crippen LogP contribution in [0.4, 0.5) is 0 Å². The first kappa shape index (κ1) is 15.0. The van der Waals surface area contributed by atoms with E-state index in [1.54, 1.807) is 24.3 Å². The molecular weight excluding hydrogens is 252 g/mol. The van der Waals surface area contributed by atoms with Crippen molar-refractivity contribution in [2.75, 3.05) is 20.1 Å². The highest BCUT2D eigenvalue weighted by Crippen LogP contribution is 2.26. The minimum absolute atomic E-state index is 0.190. The zero-order chi connectivity index (χ0) is 14.5. The van der Waals surface area contributed by atoms with Crippen molar-refractivity contribution in [1.29, 1.82) is 5.26 Å². The molecule has 0 heterocycles. The van der Waals surface area contributed by atoms with Crippen LogP contribution in [-0.4, -0.2) is 41.4 Å². The first-order chi connectivity index (χ1) is 9.60. The molecule has 0 saturated heterocycles. The van der Waals surface area contributed by atoms with Crippen molar-refractivity contribution in [2.45, 2.75) is 31.5 Å². The molecule has 1 aromatic carbocycles. The molecule has 20 heavy (non-hydrogen) atoms. The largest absolute Gasteiger partial charge is 0.393 e. The molecule has 0 spiro atoms. The summed E-state index contributed by atoms with van der Waals surface area (Å²) in [6.07, 6.45) is 2.31. The van der Waals surface area contributed by atoms with Crippen LogP contribution >= 0.6 is 0 Å². The van der Waals surface area contributed by atoms with E-state index >= 15 is 0 Å². The van der Waals surface area contributed by atoms with E-state index in [-0.39, 0.29) is 6.10 Å². The van der Waals surface area contributed by atoms with Crippen LogP contribution in [0.25, 0.3) is 0 Å². The SMILES string of the molecule is CN(CC(O)c1ccc(C#N)cc1)CC1CCCC1O. The molecule has 4 nitrogen and oxygen atoms in total. The molecule has 2 rings (SSSR count). The number of aliphatic hydroxyl groups is 2. The van der Waals surface area contributed by atoms with E-state index in [2.05, 4.69) is 11.0 Å². The molecule has 0 aromatic heterocycles. The predicted molar refractivity (Wildman–Crippen MR) is 77.0 cm³/mol. The topological polar surface area (TPSA) is 67.5 Å². The van der Waals surface area contributed by atoms with Crippen molar-refractivity contribution in [2.24, 2.45) is 5.92 Å². The maximum absolute atomic E-state index is 10.2. The average Bonchev–Trinajstić information content (AvgIpc) is 2.84. The summed E-state index contributed by atoms with van der Waals surface area (Å²) >= 11 is 0. The van der Waals surface area contributed by atoms with Gasteiger partial charge < -0.3 is 15.1 Å². The van der Waals surface area contributed by atoms with E-state index in [1.165, 1.54) is 0 Å². The summed E-state index contributed by atoms with van der Waals surface area (Å²) in [5, 5.41) is 28.8. The molecule has 3 unspecified atom stereocenters. The zero-order valence-electron chi connectivity index (χ0n) is 11.9. The van der Waals surface area contributed by atoms with Gasteiger partial charge in [0.25, 0.3) is 0 Å². The fraction of sp³-hybridized carbons (Fsp3) is 0.562. The summed E-state index contributed by atoms with van der Waals surface area (Å²) in [5.74, 6) is 0.327. The van der Waals surface area contributed by atoms with Crippen LogP contribution < -0.4 is 0 Å². The average molecular weight is 274 g/mol. The molecule has 4 heteroatoms. The number of nitriles is 1. The number of nitrogens with zero attached hydrogens (tertiary/aromatic N) is 2. The van der Waals surface area contributed by atoms with E-state index < -0.39 is 6.10 Å². The Morgan fingerprint density at radius 3 is 2.60 bits per heavy atom. The van der Waals surface area contributed by atoms with Gasteiger partial charge in [0.1, 0.15) is 0 Å². The predicted octanol–water partition coefficient (Wildman–Crippen LogP) is 1.68. The summed E-state index contributed by atoms with van der Waals surface area (Å²) in [5.41, 5.74) is 1.42. The zero-order valence-corrected chi connectivity index (χ0v) is 11.9. The van der Waals surface area contributed by atoms with E-state index in [9.17, 15) is 10.2 Å².